The molecule has 12 rings (SSSR count). The van der Waals surface area contributed by atoms with Crippen LogP contribution >= 0.6 is 0 Å². The van der Waals surface area contributed by atoms with Gasteiger partial charge in [-0.2, -0.15) is 0 Å². The molecule has 5 nitrogen and oxygen atoms in total. The number of nitrogens with zero attached hydrogens (tertiary/aromatic N) is 4. The molecule has 0 spiro atoms. The summed E-state index contributed by atoms with van der Waals surface area (Å²) in [6, 6.07) is 59.8. The lowest BCUT2D eigenvalue weighted by Gasteiger charge is -2.21. The molecule has 0 fully saturated rings. The lowest BCUT2D eigenvalue weighted by atomic mass is 9.82. The molecular weight excluding hydrogens is 697 g/mol. The van der Waals surface area contributed by atoms with Gasteiger partial charge in [-0.05, 0) is 58.0 Å². The molecule has 0 aliphatic heterocycles. The Morgan fingerprint density at radius 1 is 0.456 bits per heavy atom. The van der Waals surface area contributed by atoms with Crippen LogP contribution in [0.25, 0.3) is 105 Å². The van der Waals surface area contributed by atoms with Crippen LogP contribution in [0.2, 0.25) is 0 Å². The first-order valence-electron chi connectivity index (χ1n) is 19.5. The Hall–Kier alpha value is -7.37. The van der Waals surface area contributed by atoms with Crippen molar-refractivity contribution in [2.75, 3.05) is 0 Å². The van der Waals surface area contributed by atoms with E-state index in [1.165, 1.54) is 38.4 Å². The molecule has 0 atom stereocenters. The molecule has 268 valence electrons. The Morgan fingerprint density at radius 2 is 1.05 bits per heavy atom. The topological polar surface area (TPSA) is 56.7 Å². The van der Waals surface area contributed by atoms with E-state index in [2.05, 4.69) is 128 Å². The van der Waals surface area contributed by atoms with Crippen molar-refractivity contribution in [1.82, 2.24) is 19.5 Å². The number of furan rings is 1. The van der Waals surface area contributed by atoms with Crippen LogP contribution in [0.15, 0.2) is 174 Å². The van der Waals surface area contributed by atoms with Crippen molar-refractivity contribution in [3.63, 3.8) is 0 Å². The van der Waals surface area contributed by atoms with Gasteiger partial charge in [0.25, 0.3) is 0 Å². The maximum Gasteiger partial charge on any atom is 0.164 e. The minimum Gasteiger partial charge on any atom is -0.455 e. The molecule has 11 aromatic rings. The number of hydrogen-bond acceptors (Lipinski definition) is 4. The quantitative estimate of drug-likeness (QED) is 0.181. The van der Waals surface area contributed by atoms with E-state index in [1.807, 2.05) is 60.7 Å². The fourth-order valence-corrected chi connectivity index (χ4v) is 9.35. The third-order valence-corrected chi connectivity index (χ3v) is 12.0. The Morgan fingerprint density at radius 3 is 1.79 bits per heavy atom. The Labute approximate surface area is 328 Å². The van der Waals surface area contributed by atoms with E-state index < -0.39 is 0 Å². The van der Waals surface area contributed by atoms with Crippen molar-refractivity contribution < 1.29 is 4.42 Å². The molecule has 57 heavy (non-hydrogen) atoms. The summed E-state index contributed by atoms with van der Waals surface area (Å²) in [5.41, 5.74) is 13.0. The molecule has 8 aromatic carbocycles. The summed E-state index contributed by atoms with van der Waals surface area (Å²) in [5, 5.41) is 6.91. The molecule has 3 aromatic heterocycles. The van der Waals surface area contributed by atoms with E-state index in [-0.39, 0.29) is 5.41 Å². The first-order valence-corrected chi connectivity index (χ1v) is 19.5. The highest BCUT2D eigenvalue weighted by Crippen LogP contribution is 2.53. The van der Waals surface area contributed by atoms with Gasteiger partial charge in [0.15, 0.2) is 17.5 Å². The smallest absolute Gasteiger partial charge is 0.164 e. The van der Waals surface area contributed by atoms with E-state index in [1.54, 1.807) is 0 Å². The first-order chi connectivity index (χ1) is 28.0. The fourth-order valence-electron chi connectivity index (χ4n) is 9.35. The summed E-state index contributed by atoms with van der Waals surface area (Å²) in [6.45, 7) is 4.70. The number of rotatable bonds is 4. The average molecular weight is 731 g/mol. The third kappa shape index (κ3) is 4.60. The van der Waals surface area contributed by atoms with Crippen molar-refractivity contribution >= 4 is 54.5 Å². The van der Waals surface area contributed by atoms with Crippen LogP contribution < -0.4 is 0 Å². The van der Waals surface area contributed by atoms with Gasteiger partial charge in [-0.1, -0.05) is 153 Å². The van der Waals surface area contributed by atoms with Crippen molar-refractivity contribution in [1.29, 1.82) is 0 Å². The van der Waals surface area contributed by atoms with E-state index in [0.717, 1.165) is 60.7 Å². The molecular formula is C52H34N4O. The third-order valence-electron chi connectivity index (χ3n) is 12.0. The minimum atomic E-state index is -0.171. The zero-order chi connectivity index (χ0) is 37.8. The van der Waals surface area contributed by atoms with E-state index in [4.69, 9.17) is 19.4 Å². The molecule has 0 bridgehead atoms. The largest absolute Gasteiger partial charge is 0.455 e. The summed E-state index contributed by atoms with van der Waals surface area (Å²) in [5.74, 6) is 1.89. The van der Waals surface area contributed by atoms with Gasteiger partial charge in [-0.25, -0.2) is 15.0 Å². The zero-order valence-electron chi connectivity index (χ0n) is 31.4. The van der Waals surface area contributed by atoms with Crippen LogP contribution in [0.3, 0.4) is 0 Å². The fraction of sp³-hybridized carbons (Fsp3) is 0.0577. The average Bonchev–Trinajstić information content (AvgIpc) is 3.89. The lowest BCUT2D eigenvalue weighted by molar-refractivity contribution is 0.661. The van der Waals surface area contributed by atoms with Crippen molar-refractivity contribution in [2.24, 2.45) is 0 Å². The first kappa shape index (κ1) is 31.9. The van der Waals surface area contributed by atoms with Gasteiger partial charge >= 0.3 is 0 Å². The number of benzene rings is 8. The van der Waals surface area contributed by atoms with Crippen LogP contribution in [0.4, 0.5) is 0 Å². The molecule has 0 radical (unpaired) electrons. The summed E-state index contributed by atoms with van der Waals surface area (Å²) < 4.78 is 9.24. The van der Waals surface area contributed by atoms with Gasteiger partial charge < -0.3 is 8.98 Å². The number of fused-ring (bicyclic) bond motifs is 13. The second-order valence-electron chi connectivity index (χ2n) is 15.6. The van der Waals surface area contributed by atoms with Gasteiger partial charge in [0.2, 0.25) is 0 Å². The Bertz CT molecular complexity index is 3370. The predicted octanol–water partition coefficient (Wildman–Crippen LogP) is 13.3. The molecule has 0 amide bonds. The van der Waals surface area contributed by atoms with E-state index in [9.17, 15) is 0 Å². The monoisotopic (exact) mass is 730 g/mol. The van der Waals surface area contributed by atoms with E-state index in [0.29, 0.717) is 17.5 Å². The highest BCUT2D eigenvalue weighted by atomic mass is 16.3. The number of hydrogen-bond donors (Lipinski definition) is 0. The van der Waals surface area contributed by atoms with Crippen LogP contribution in [0.1, 0.15) is 25.0 Å². The molecule has 3 heterocycles. The van der Waals surface area contributed by atoms with Crippen molar-refractivity contribution in [2.45, 2.75) is 19.3 Å². The Balaban J connectivity index is 1.20. The molecule has 0 saturated carbocycles. The van der Waals surface area contributed by atoms with Gasteiger partial charge in [0, 0.05) is 49.3 Å². The van der Waals surface area contributed by atoms with E-state index >= 15 is 0 Å². The Kier molecular flexibility index (Phi) is 6.62. The van der Waals surface area contributed by atoms with Gasteiger partial charge in [-0.3, -0.25) is 0 Å². The summed E-state index contributed by atoms with van der Waals surface area (Å²) in [4.78, 5) is 15.2. The molecule has 0 saturated heterocycles. The molecule has 0 unspecified atom stereocenters. The summed E-state index contributed by atoms with van der Waals surface area (Å²) >= 11 is 0. The normalized spacial score (nSPS) is 13.2. The second-order valence-corrected chi connectivity index (χ2v) is 15.6. The minimum absolute atomic E-state index is 0.171. The van der Waals surface area contributed by atoms with Crippen LogP contribution in [0.5, 0.6) is 0 Å². The molecule has 1 aliphatic carbocycles. The summed E-state index contributed by atoms with van der Waals surface area (Å²) in [6.07, 6.45) is 0. The van der Waals surface area contributed by atoms with Crippen LogP contribution in [0, 0.1) is 0 Å². The predicted molar refractivity (Wildman–Crippen MR) is 233 cm³/mol. The standard InChI is InChI=1S/C52H34N4O/c1-52(2)41-26-13-11-22-35(41)39-29-40-43(30-42(39)52)56(47-45(40)36-23-9-10-24-37(36)48-46(47)38-25-12-14-27-44(38)57-48)34-21-15-20-33(28-34)51-54-49(31-16-5-3-6-17-31)53-50(55-51)32-18-7-4-8-19-32/h3-30H,1-2H3. The molecule has 0 N–H and O–H groups in total. The van der Waals surface area contributed by atoms with Crippen molar-refractivity contribution in [3.05, 3.63) is 181 Å². The molecule has 5 heteroatoms. The number of para-hydroxylation sites is 1. The maximum atomic E-state index is 6.78. The highest BCUT2D eigenvalue weighted by Gasteiger charge is 2.36. The van der Waals surface area contributed by atoms with Crippen LogP contribution in [-0.4, -0.2) is 19.5 Å². The van der Waals surface area contributed by atoms with Gasteiger partial charge in [-0.15, -0.1) is 0 Å². The second kappa shape index (κ2) is 11.8. The van der Waals surface area contributed by atoms with Gasteiger partial charge in [0.05, 0.1) is 16.4 Å². The number of aromatic nitrogens is 4. The lowest BCUT2D eigenvalue weighted by Crippen LogP contribution is -2.14. The summed E-state index contributed by atoms with van der Waals surface area (Å²) in [7, 11) is 0. The van der Waals surface area contributed by atoms with Crippen LogP contribution in [-0.2, 0) is 5.41 Å². The van der Waals surface area contributed by atoms with Crippen molar-refractivity contribution in [3.8, 4) is 51.0 Å². The highest BCUT2D eigenvalue weighted by molar-refractivity contribution is 6.35. The maximum absolute atomic E-state index is 6.78. The zero-order valence-corrected chi connectivity index (χ0v) is 31.4. The molecule has 1 aliphatic rings. The van der Waals surface area contributed by atoms with Gasteiger partial charge in [0.1, 0.15) is 11.2 Å². The SMILES string of the molecule is CC1(C)c2ccccc2-c2cc3c4c5ccccc5c5oc6ccccc6c5c4n(-c4cccc(-c5nc(-c6ccccc6)nc(-c6ccccc6)n5)c4)c3cc21.